The molecular weight excluding hydrogens is 1480 g/mol. The Balaban J connectivity index is 1.92. The Bertz CT molecular complexity index is 3650. The van der Waals surface area contributed by atoms with Crippen molar-refractivity contribution in [1.29, 1.82) is 0 Å². The number of aliphatic hydroxyl groups excluding tert-OH is 1. The number of nitrogens with one attached hydrogen (secondary N) is 13. The molecule has 3 rings (SSSR count). The highest BCUT2D eigenvalue weighted by Crippen LogP contribution is 2.16. The zero-order chi connectivity index (χ0) is 85.1. The van der Waals surface area contributed by atoms with Crippen LogP contribution in [0.2, 0.25) is 0 Å². The van der Waals surface area contributed by atoms with Gasteiger partial charge in [0, 0.05) is 50.7 Å². The van der Waals surface area contributed by atoms with Gasteiger partial charge >= 0.3 is 5.97 Å². The van der Waals surface area contributed by atoms with Crippen LogP contribution in [0, 0.1) is 23.7 Å². The van der Waals surface area contributed by atoms with E-state index in [1.54, 1.807) is 102 Å². The van der Waals surface area contributed by atoms with Crippen LogP contribution in [0.1, 0.15) is 149 Å². The number of carbonyl (C=O) groups excluding carboxylic acids is 13. The SMILES string of the molecule is CC(C)C[C@H](NC(=O)[C@H](CC(C)C)NC(=O)[C@H](Cc1cnc[nH]1)NC(=O)[C@H](CCC(N)=O)NC(=O)[C@H](Cc1ccccc1)NC(=O)[C@H](CO)NC(=O)[C@@H](N)CC(C)C)C(=O)N[C@@H](CCCN=C(N)N)C(=O)NCC(=O)N[C@@H](CCCCN)C(=O)N[C@H](C(=O)N[C@@H](CCCN=C(N)N)C(=O)N[C@@H](Cc1ccccc1)C(=O)O)C(C)C. The Hall–Kier alpha value is -11.4. The number of aliphatic imine (C=N–C) groups is 2. The van der Waals surface area contributed by atoms with Crippen LogP contribution < -0.4 is 104 Å². The minimum absolute atomic E-state index is 0.00238. The maximum atomic E-state index is 14.8. The average molecular weight is 1600 g/mol. The van der Waals surface area contributed by atoms with Gasteiger partial charge in [-0.25, -0.2) is 9.78 Å². The second kappa shape index (κ2) is 51.3. The number of benzene rings is 2. The molecule has 0 aliphatic heterocycles. The van der Waals surface area contributed by atoms with Crippen LogP contribution in [-0.4, -0.2) is 220 Å². The van der Waals surface area contributed by atoms with Crippen molar-refractivity contribution < 1.29 is 77.3 Å². The van der Waals surface area contributed by atoms with Crippen LogP contribution in [-0.2, 0) is 86.4 Å². The Morgan fingerprint density at radius 3 is 1.28 bits per heavy atom. The molecule has 1 heterocycles. The van der Waals surface area contributed by atoms with Crippen molar-refractivity contribution in [2.45, 2.75) is 224 Å². The van der Waals surface area contributed by atoms with Crippen molar-refractivity contribution in [1.82, 2.24) is 73.8 Å². The van der Waals surface area contributed by atoms with Gasteiger partial charge in [-0.2, -0.15) is 0 Å². The van der Waals surface area contributed by atoms with Crippen molar-refractivity contribution >= 4 is 94.7 Å². The molecule has 114 heavy (non-hydrogen) atoms. The predicted octanol–water partition coefficient (Wildman–Crippen LogP) is -4.41. The van der Waals surface area contributed by atoms with Crippen LogP contribution in [0.15, 0.2) is 83.2 Å². The van der Waals surface area contributed by atoms with E-state index in [1.807, 2.05) is 13.8 Å². The van der Waals surface area contributed by atoms with E-state index in [9.17, 15) is 77.3 Å². The fraction of sp³-hybridized carbons (Fsp3) is 0.587. The van der Waals surface area contributed by atoms with E-state index in [4.69, 9.17) is 40.1 Å². The largest absolute Gasteiger partial charge is 0.480 e. The first-order valence-electron chi connectivity index (χ1n) is 38.3. The van der Waals surface area contributed by atoms with Crippen molar-refractivity contribution in [2.24, 2.45) is 73.8 Å². The number of amides is 13. The molecule has 0 aliphatic rings. The smallest absolute Gasteiger partial charge is 0.326 e. The van der Waals surface area contributed by atoms with E-state index < -0.39 is 187 Å². The van der Waals surface area contributed by atoms with Crippen LogP contribution in [0.5, 0.6) is 0 Å². The summed E-state index contributed by atoms with van der Waals surface area (Å²) in [5, 5.41) is 51.5. The standard InChI is InChI=1S/C75H121N23O16/c1-41(2)31-48(77)62(102)97-58(39-99)71(111)94-55(34-45-19-11-9-12-20-45)69(109)90-52(26-27-59(78)100)65(105)95-56(36-47-37-83-40-87-47)70(110)93-54(33-43(5)6)68(108)92-53(32-42(3)4)67(107)89-49(24-17-29-84-74(79)80)63(103)86-38-60(101)88-50(23-15-16-28-76)66(106)98-61(44(7)8)72(112)91-51(25-18-30-85-75(81)82)64(104)96-57(73(113)114)35-46-21-13-10-14-22-46/h9-14,19-22,37,40-44,48-58,61,99H,15-18,23-36,38-39,76-77H2,1-8H3,(H2,78,100)(H,83,87)(H,86,103)(H,88,101)(H,89,107)(H,90,109)(H,91,112)(H,92,108)(H,93,110)(H,94,111)(H,95,105)(H,96,104)(H,97,102)(H,98,106)(H,113,114)(H4,79,80,84)(H4,81,82,85)/t48-,49-,50-,51-,52-,53-,54-,55-,56-,57-,58-,61-/m0/s1. The van der Waals surface area contributed by atoms with Gasteiger partial charge in [0.2, 0.25) is 76.8 Å². The lowest BCUT2D eigenvalue weighted by molar-refractivity contribution is -0.142. The normalized spacial score (nSPS) is 14.3. The van der Waals surface area contributed by atoms with E-state index in [1.165, 1.54) is 12.5 Å². The number of carboxylic acids is 1. The molecule has 0 saturated heterocycles. The van der Waals surface area contributed by atoms with Crippen LogP contribution in [0.3, 0.4) is 0 Å². The Morgan fingerprint density at radius 2 is 0.833 bits per heavy atom. The topological polar surface area (TPSA) is 659 Å². The summed E-state index contributed by atoms with van der Waals surface area (Å²) in [7, 11) is 0. The summed E-state index contributed by atoms with van der Waals surface area (Å²) >= 11 is 0. The number of carboxylic acid groups (broad SMARTS) is 1. The monoisotopic (exact) mass is 1600 g/mol. The lowest BCUT2D eigenvalue weighted by Gasteiger charge is -2.29. The number of unbranched alkanes of at least 4 members (excludes halogenated alkanes) is 1. The number of rotatable bonds is 54. The minimum Gasteiger partial charge on any atom is -0.480 e. The fourth-order valence-electron chi connectivity index (χ4n) is 11.8. The number of nitrogens with two attached hydrogens (primary N) is 7. The zero-order valence-electron chi connectivity index (χ0n) is 66.3. The molecule has 0 bridgehead atoms. The number of guanidine groups is 2. The summed E-state index contributed by atoms with van der Waals surface area (Å²) in [6.07, 6.45) is 2.16. The molecule has 29 N–H and O–H groups in total. The molecule has 0 aliphatic carbocycles. The van der Waals surface area contributed by atoms with Gasteiger partial charge in [0.15, 0.2) is 11.9 Å². The van der Waals surface area contributed by atoms with Crippen molar-refractivity contribution in [3.63, 3.8) is 0 Å². The minimum atomic E-state index is -1.63. The number of hydrogen-bond donors (Lipinski definition) is 22. The number of aliphatic carboxylic acids is 1. The number of hydrogen-bond acceptors (Lipinski definition) is 20. The van der Waals surface area contributed by atoms with Gasteiger partial charge in [-0.3, -0.25) is 72.3 Å². The predicted molar refractivity (Wildman–Crippen MR) is 424 cm³/mol. The maximum Gasteiger partial charge on any atom is 0.326 e. The van der Waals surface area contributed by atoms with Crippen LogP contribution in [0.4, 0.5) is 0 Å². The molecule has 12 atom stereocenters. The van der Waals surface area contributed by atoms with Gasteiger partial charge in [0.1, 0.15) is 66.5 Å². The fourth-order valence-corrected chi connectivity index (χ4v) is 11.8. The van der Waals surface area contributed by atoms with E-state index >= 15 is 0 Å². The molecule has 0 unspecified atom stereocenters. The van der Waals surface area contributed by atoms with E-state index in [-0.39, 0.29) is 120 Å². The summed E-state index contributed by atoms with van der Waals surface area (Å²) in [4.78, 5) is 210. The number of aromatic amines is 1. The molecule has 0 radical (unpaired) electrons. The zero-order valence-corrected chi connectivity index (χ0v) is 66.3. The number of nitrogens with zero attached hydrogens (tertiary/aromatic N) is 3. The molecule has 1 aromatic heterocycles. The van der Waals surface area contributed by atoms with E-state index in [2.05, 4.69) is 83.8 Å². The number of aromatic nitrogens is 2. The molecule has 0 spiro atoms. The van der Waals surface area contributed by atoms with Gasteiger partial charge in [0.05, 0.1) is 25.5 Å². The lowest BCUT2D eigenvalue weighted by Crippen LogP contribution is -2.61. The van der Waals surface area contributed by atoms with Gasteiger partial charge in [-0.15, -0.1) is 0 Å². The maximum absolute atomic E-state index is 14.8. The average Bonchev–Trinajstić information content (AvgIpc) is 1.02. The summed E-state index contributed by atoms with van der Waals surface area (Å²) in [5.74, 6) is -14.6. The van der Waals surface area contributed by atoms with Gasteiger partial charge in [-0.1, -0.05) is 116 Å². The van der Waals surface area contributed by atoms with Crippen molar-refractivity contribution in [3.8, 4) is 0 Å². The molecule has 2 aromatic carbocycles. The van der Waals surface area contributed by atoms with Gasteiger partial charge < -0.3 is 119 Å². The molecule has 0 fully saturated rings. The van der Waals surface area contributed by atoms with E-state index in [0.29, 0.717) is 29.7 Å². The highest BCUT2D eigenvalue weighted by molar-refractivity contribution is 6.00. The molecule has 632 valence electrons. The van der Waals surface area contributed by atoms with Gasteiger partial charge in [-0.05, 0) is 112 Å². The molecule has 39 heteroatoms. The quantitative estimate of drug-likeness (QED) is 0.0144. The first kappa shape index (κ1) is 96.8. The van der Waals surface area contributed by atoms with Gasteiger partial charge in [0.25, 0.3) is 0 Å². The number of H-pyrrole nitrogens is 1. The van der Waals surface area contributed by atoms with Crippen LogP contribution in [0.25, 0.3) is 0 Å². The second-order valence-electron chi connectivity index (χ2n) is 29.5. The number of primary amides is 1. The molecule has 3 aromatic rings. The van der Waals surface area contributed by atoms with Crippen molar-refractivity contribution in [2.75, 3.05) is 32.8 Å². The Morgan fingerprint density at radius 1 is 0.439 bits per heavy atom. The van der Waals surface area contributed by atoms with E-state index in [0.717, 1.165) is 0 Å². The Labute approximate surface area is 663 Å². The highest BCUT2D eigenvalue weighted by Gasteiger charge is 2.38. The first-order chi connectivity index (χ1) is 53.9. The second-order valence-corrected chi connectivity index (χ2v) is 29.5. The summed E-state index contributed by atoms with van der Waals surface area (Å²) in [6, 6.07) is -0.00698. The third-order valence-electron chi connectivity index (χ3n) is 17.7. The third kappa shape index (κ3) is 37.8. The number of imidazole rings is 1. The summed E-state index contributed by atoms with van der Waals surface area (Å²) < 4.78 is 0. The lowest BCUT2D eigenvalue weighted by atomic mass is 9.99. The number of aliphatic hydroxyl groups is 1. The third-order valence-corrected chi connectivity index (χ3v) is 17.7. The first-order valence-corrected chi connectivity index (χ1v) is 38.3. The molecular formula is C75H121N23O16. The van der Waals surface area contributed by atoms with Crippen molar-refractivity contribution in [3.05, 3.63) is 90.0 Å². The number of carbonyl (C=O) groups is 14. The summed E-state index contributed by atoms with van der Waals surface area (Å²) in [6.45, 7) is 12.5. The molecule has 0 saturated carbocycles. The summed E-state index contributed by atoms with van der Waals surface area (Å²) in [5.41, 5.74) is 41.0. The molecule has 39 nitrogen and oxygen atoms in total. The van der Waals surface area contributed by atoms with Crippen LogP contribution >= 0.6 is 0 Å². The molecule has 13 amide bonds. The Kier molecular flexibility index (Phi) is 43.6. The highest BCUT2D eigenvalue weighted by atomic mass is 16.4.